The van der Waals surface area contributed by atoms with Gasteiger partial charge in [0.2, 0.25) is 0 Å². The number of carbonyl (C=O) groups excluding carboxylic acids is 1. The summed E-state index contributed by atoms with van der Waals surface area (Å²) < 4.78 is 1.79. The summed E-state index contributed by atoms with van der Waals surface area (Å²) >= 11 is 8.81. The van der Waals surface area contributed by atoms with Gasteiger partial charge in [-0.1, -0.05) is 22.9 Å². The van der Waals surface area contributed by atoms with E-state index in [4.69, 9.17) is 0 Å². The van der Waals surface area contributed by atoms with Gasteiger partial charge in [-0.2, -0.15) is 11.8 Å². The van der Waals surface area contributed by atoms with Gasteiger partial charge in [-0.3, -0.25) is 4.79 Å². The first-order valence-electron chi connectivity index (χ1n) is 5.88. The molecule has 0 aromatic heterocycles. The average molecular weight is 393 g/mol. The molecule has 0 N–H and O–H groups in total. The number of halogens is 2. The molecule has 1 aromatic rings. The van der Waals surface area contributed by atoms with Crippen LogP contribution in [0.2, 0.25) is 0 Å². The molecule has 1 aromatic carbocycles. The Balaban J connectivity index is 2.27. The molecule has 2 nitrogen and oxygen atoms in total. The van der Waals surface area contributed by atoms with Gasteiger partial charge >= 0.3 is 0 Å². The molecule has 0 saturated carbocycles. The van der Waals surface area contributed by atoms with Crippen LogP contribution in [-0.2, 0) is 0 Å². The molecule has 2 rings (SSSR count). The van der Waals surface area contributed by atoms with E-state index in [0.717, 1.165) is 26.8 Å². The van der Waals surface area contributed by atoms with Crippen molar-refractivity contribution < 1.29 is 4.79 Å². The van der Waals surface area contributed by atoms with Gasteiger partial charge in [-0.25, -0.2) is 0 Å². The summed E-state index contributed by atoms with van der Waals surface area (Å²) in [6.45, 7) is 5.14. The Morgan fingerprint density at radius 3 is 2.83 bits per heavy atom. The zero-order chi connectivity index (χ0) is 13.3. The highest BCUT2D eigenvalue weighted by atomic mass is 79.9. The number of carbonyl (C=O) groups is 1. The molecule has 1 fully saturated rings. The summed E-state index contributed by atoms with van der Waals surface area (Å²) in [6, 6.07) is 6.00. The van der Waals surface area contributed by atoms with E-state index in [0.29, 0.717) is 5.25 Å². The Bertz CT molecular complexity index is 466. The summed E-state index contributed by atoms with van der Waals surface area (Å²) in [6.07, 6.45) is 0. The van der Waals surface area contributed by atoms with Gasteiger partial charge in [-0.15, -0.1) is 0 Å². The van der Waals surface area contributed by atoms with Gasteiger partial charge in [0.1, 0.15) is 0 Å². The van der Waals surface area contributed by atoms with E-state index in [1.807, 2.05) is 34.9 Å². The van der Waals surface area contributed by atoms with Crippen LogP contribution in [-0.4, -0.2) is 34.4 Å². The zero-order valence-electron chi connectivity index (χ0n) is 10.3. The number of rotatable bonds is 1. The predicted molar refractivity (Wildman–Crippen MR) is 84.3 cm³/mol. The van der Waals surface area contributed by atoms with E-state index in [2.05, 4.69) is 45.7 Å². The lowest BCUT2D eigenvalue weighted by atomic mass is 10.1. The highest BCUT2D eigenvalue weighted by Gasteiger charge is 2.30. The quantitative estimate of drug-likeness (QED) is 0.714. The molecule has 1 saturated heterocycles. The fraction of sp³-hybridized carbons (Fsp3) is 0.462. The normalized spacial score (nSPS) is 24.1. The van der Waals surface area contributed by atoms with E-state index in [1.165, 1.54) is 0 Å². The van der Waals surface area contributed by atoms with Crippen molar-refractivity contribution in [3.05, 3.63) is 32.7 Å². The van der Waals surface area contributed by atoms with Crippen molar-refractivity contribution in [3.63, 3.8) is 0 Å². The van der Waals surface area contributed by atoms with Crippen LogP contribution in [0.15, 0.2) is 27.1 Å². The van der Waals surface area contributed by atoms with Crippen LogP contribution < -0.4 is 0 Å². The maximum atomic E-state index is 12.6. The number of benzene rings is 1. The van der Waals surface area contributed by atoms with Crippen LogP contribution in [0.25, 0.3) is 0 Å². The number of thioether (sulfide) groups is 1. The van der Waals surface area contributed by atoms with Gasteiger partial charge < -0.3 is 4.90 Å². The van der Waals surface area contributed by atoms with Crippen LogP contribution in [0.5, 0.6) is 0 Å². The third-order valence-corrected chi connectivity index (χ3v) is 5.83. The molecule has 1 heterocycles. The van der Waals surface area contributed by atoms with Crippen LogP contribution in [0.3, 0.4) is 0 Å². The van der Waals surface area contributed by atoms with Crippen molar-refractivity contribution >= 4 is 49.5 Å². The number of hydrogen-bond donors (Lipinski definition) is 0. The SMILES string of the molecule is CC1SCCN(C(=O)c2cc(Br)ccc2Br)C1C. The summed E-state index contributed by atoms with van der Waals surface area (Å²) in [7, 11) is 0. The fourth-order valence-electron chi connectivity index (χ4n) is 2.04. The Kier molecular flexibility index (Phi) is 4.78. The van der Waals surface area contributed by atoms with E-state index in [1.54, 1.807) is 0 Å². The molecule has 1 amide bonds. The standard InChI is InChI=1S/C13H15Br2NOS/c1-8-9(2)18-6-5-16(8)13(17)11-7-10(14)3-4-12(11)15/h3-4,7-9H,5-6H2,1-2H3. The Hall–Kier alpha value is -0.000000000000000111. The van der Waals surface area contributed by atoms with Crippen molar-refractivity contribution in [3.8, 4) is 0 Å². The lowest BCUT2D eigenvalue weighted by Gasteiger charge is -2.37. The molecule has 2 atom stereocenters. The van der Waals surface area contributed by atoms with Gasteiger partial charge in [0, 0.05) is 32.5 Å². The Morgan fingerprint density at radius 2 is 2.11 bits per heavy atom. The molecule has 0 spiro atoms. The minimum atomic E-state index is 0.114. The van der Waals surface area contributed by atoms with Gasteiger partial charge in [0.05, 0.1) is 5.56 Å². The maximum absolute atomic E-state index is 12.6. The molecular weight excluding hydrogens is 378 g/mol. The first kappa shape index (κ1) is 14.4. The van der Waals surface area contributed by atoms with Crippen LogP contribution in [0.4, 0.5) is 0 Å². The summed E-state index contributed by atoms with van der Waals surface area (Å²) in [5.74, 6) is 1.13. The summed E-state index contributed by atoms with van der Waals surface area (Å²) in [4.78, 5) is 14.6. The molecule has 2 unspecified atom stereocenters. The molecule has 5 heteroatoms. The Morgan fingerprint density at radius 1 is 1.39 bits per heavy atom. The first-order chi connectivity index (χ1) is 8.50. The second kappa shape index (κ2) is 5.97. The minimum absolute atomic E-state index is 0.114. The highest BCUT2D eigenvalue weighted by molar-refractivity contribution is 9.11. The highest BCUT2D eigenvalue weighted by Crippen LogP contribution is 2.28. The van der Waals surface area contributed by atoms with Crippen LogP contribution in [0.1, 0.15) is 24.2 Å². The first-order valence-corrected chi connectivity index (χ1v) is 8.52. The smallest absolute Gasteiger partial charge is 0.255 e. The number of amides is 1. The molecule has 0 bridgehead atoms. The molecule has 0 aliphatic carbocycles. The third kappa shape index (κ3) is 2.94. The second-order valence-electron chi connectivity index (χ2n) is 4.44. The van der Waals surface area contributed by atoms with Crippen molar-refractivity contribution in [1.82, 2.24) is 4.90 Å². The van der Waals surface area contributed by atoms with Crippen molar-refractivity contribution in [2.24, 2.45) is 0 Å². The van der Waals surface area contributed by atoms with Gasteiger partial charge in [0.25, 0.3) is 5.91 Å². The minimum Gasteiger partial charge on any atom is -0.334 e. The van der Waals surface area contributed by atoms with E-state index >= 15 is 0 Å². The van der Waals surface area contributed by atoms with E-state index < -0.39 is 0 Å². The van der Waals surface area contributed by atoms with E-state index in [9.17, 15) is 4.79 Å². The molecule has 1 aliphatic heterocycles. The van der Waals surface area contributed by atoms with Crippen molar-refractivity contribution in [1.29, 1.82) is 0 Å². The monoisotopic (exact) mass is 391 g/mol. The van der Waals surface area contributed by atoms with E-state index in [-0.39, 0.29) is 11.9 Å². The summed E-state index contributed by atoms with van der Waals surface area (Å²) in [5.41, 5.74) is 0.732. The van der Waals surface area contributed by atoms with Gasteiger partial charge in [0.15, 0.2) is 0 Å². The van der Waals surface area contributed by atoms with Crippen LogP contribution in [0, 0.1) is 0 Å². The lowest BCUT2D eigenvalue weighted by Crippen LogP contribution is -2.48. The zero-order valence-corrected chi connectivity index (χ0v) is 14.3. The second-order valence-corrected chi connectivity index (χ2v) is 7.69. The van der Waals surface area contributed by atoms with Crippen molar-refractivity contribution in [2.75, 3.05) is 12.3 Å². The molecule has 0 radical (unpaired) electrons. The van der Waals surface area contributed by atoms with Crippen LogP contribution >= 0.6 is 43.6 Å². The molecule has 1 aliphatic rings. The topological polar surface area (TPSA) is 20.3 Å². The lowest BCUT2D eigenvalue weighted by molar-refractivity contribution is 0.0697. The number of hydrogen-bond acceptors (Lipinski definition) is 2. The maximum Gasteiger partial charge on any atom is 0.255 e. The fourth-order valence-corrected chi connectivity index (χ4v) is 3.91. The largest absolute Gasteiger partial charge is 0.334 e. The van der Waals surface area contributed by atoms with Crippen molar-refractivity contribution in [2.45, 2.75) is 25.1 Å². The average Bonchev–Trinajstić information content (AvgIpc) is 2.35. The molecule has 98 valence electrons. The Labute approximate surface area is 129 Å². The van der Waals surface area contributed by atoms with Gasteiger partial charge in [-0.05, 0) is 41.1 Å². The molecule has 18 heavy (non-hydrogen) atoms. The summed E-state index contributed by atoms with van der Waals surface area (Å²) in [5, 5.41) is 0.494. The number of nitrogens with zero attached hydrogens (tertiary/aromatic N) is 1. The predicted octanol–water partition coefficient (Wildman–Crippen LogP) is 4.18. The third-order valence-electron chi connectivity index (χ3n) is 3.30. The molecular formula is C13H15Br2NOS.